The molecule has 0 bridgehead atoms. The number of hydrogen-bond acceptors (Lipinski definition) is 7. The molecule has 3 N–H and O–H groups in total. The molecular weight excluding hydrogens is 547 g/mol. The number of hydrogen-bond donors (Lipinski definition) is 2. The van der Waals surface area contributed by atoms with Crippen molar-refractivity contribution in [1.82, 2.24) is 4.98 Å². The molecule has 206 valence electrons. The fourth-order valence-corrected chi connectivity index (χ4v) is 5.03. The first-order valence-corrected chi connectivity index (χ1v) is 12.8. The van der Waals surface area contributed by atoms with Crippen LogP contribution in [0.1, 0.15) is 57.0 Å². The number of primary amides is 1. The topological polar surface area (TPSA) is 121 Å². The number of nitrogens with zero attached hydrogens (tertiary/aromatic N) is 1. The third-order valence-corrected chi connectivity index (χ3v) is 7.11. The molecule has 4 heterocycles. The van der Waals surface area contributed by atoms with E-state index in [4.69, 9.17) is 19.3 Å². The van der Waals surface area contributed by atoms with Crippen LogP contribution in [0, 0.1) is 0 Å². The van der Waals surface area contributed by atoms with E-state index < -0.39 is 23.7 Å². The molecule has 5 aromatic rings. The molecule has 0 fully saturated rings. The lowest BCUT2D eigenvalue weighted by atomic mass is 10.0. The maximum absolute atomic E-state index is 13.6. The molecule has 0 aliphatic carbocycles. The van der Waals surface area contributed by atoms with Gasteiger partial charge in [0, 0.05) is 10.9 Å². The van der Waals surface area contributed by atoms with Gasteiger partial charge in [-0.15, -0.1) is 11.3 Å². The number of anilines is 1. The molecule has 0 unspecified atom stereocenters. The molecule has 0 atom stereocenters. The molecule has 0 aliphatic heterocycles. The molecule has 8 nitrogen and oxygen atoms in total. The predicted molar refractivity (Wildman–Crippen MR) is 142 cm³/mol. The normalized spacial score (nSPS) is 11.8. The zero-order valence-corrected chi connectivity index (χ0v) is 22.0. The molecule has 0 aliphatic rings. The number of furan rings is 2. The number of benzene rings is 1. The van der Waals surface area contributed by atoms with Crippen LogP contribution in [0.3, 0.4) is 0 Å². The Hall–Kier alpha value is -4.58. The fraction of sp³-hybridized carbons (Fsp3) is 0.179. The second-order valence-corrected chi connectivity index (χ2v) is 10.1. The van der Waals surface area contributed by atoms with Crippen LogP contribution in [0.5, 0.6) is 5.75 Å². The van der Waals surface area contributed by atoms with Crippen molar-refractivity contribution in [1.29, 1.82) is 0 Å². The maximum atomic E-state index is 13.6. The molecule has 0 saturated heterocycles. The lowest BCUT2D eigenvalue weighted by Gasteiger charge is -2.10. The zero-order chi connectivity index (χ0) is 28.6. The van der Waals surface area contributed by atoms with Crippen molar-refractivity contribution in [3.8, 4) is 17.1 Å². The van der Waals surface area contributed by atoms with Crippen molar-refractivity contribution in [2.45, 2.75) is 32.5 Å². The average Bonchev–Trinajstić information content (AvgIpc) is 3.67. The number of fused-ring (bicyclic) bond motifs is 1. The van der Waals surface area contributed by atoms with E-state index in [0.29, 0.717) is 28.8 Å². The molecule has 1 aromatic carbocycles. The molecule has 0 spiro atoms. The van der Waals surface area contributed by atoms with Crippen LogP contribution in [0.15, 0.2) is 69.7 Å². The van der Waals surface area contributed by atoms with Gasteiger partial charge in [0.2, 0.25) is 0 Å². The summed E-state index contributed by atoms with van der Waals surface area (Å²) in [7, 11) is 0. The van der Waals surface area contributed by atoms with Crippen molar-refractivity contribution in [3.63, 3.8) is 0 Å². The molecule has 4 aromatic heterocycles. The molecule has 12 heteroatoms. The lowest BCUT2D eigenvalue weighted by molar-refractivity contribution is -0.140. The minimum absolute atomic E-state index is 0.0154. The number of alkyl halides is 3. The van der Waals surface area contributed by atoms with Gasteiger partial charge in [0.05, 0.1) is 12.0 Å². The van der Waals surface area contributed by atoms with E-state index in [2.05, 4.69) is 24.1 Å². The van der Waals surface area contributed by atoms with Gasteiger partial charge in [0.25, 0.3) is 11.8 Å². The number of thiophene rings is 1. The first-order valence-electron chi connectivity index (χ1n) is 12.0. The molecule has 0 radical (unpaired) electrons. The average molecular weight is 570 g/mol. The van der Waals surface area contributed by atoms with Crippen molar-refractivity contribution in [3.05, 3.63) is 88.5 Å². The Morgan fingerprint density at radius 2 is 1.88 bits per heavy atom. The van der Waals surface area contributed by atoms with Crippen LogP contribution in [0.4, 0.5) is 18.9 Å². The molecule has 5 rings (SSSR count). The predicted octanol–water partition coefficient (Wildman–Crippen LogP) is 7.22. The third kappa shape index (κ3) is 5.43. The first kappa shape index (κ1) is 27.0. The van der Waals surface area contributed by atoms with E-state index in [1.807, 2.05) is 24.3 Å². The highest BCUT2D eigenvalue weighted by Crippen LogP contribution is 2.44. The smallest absolute Gasteiger partial charge is 0.433 e. The summed E-state index contributed by atoms with van der Waals surface area (Å²) >= 11 is 0.632. The molecular formula is C28H22F3N3O5S. The Balaban J connectivity index is 1.44. The van der Waals surface area contributed by atoms with Gasteiger partial charge >= 0.3 is 6.18 Å². The van der Waals surface area contributed by atoms with Gasteiger partial charge in [-0.1, -0.05) is 26.0 Å². The molecule has 40 heavy (non-hydrogen) atoms. The van der Waals surface area contributed by atoms with Gasteiger partial charge in [0.1, 0.15) is 39.3 Å². The van der Waals surface area contributed by atoms with E-state index >= 15 is 0 Å². The Labute approximate surface area is 229 Å². The number of amides is 2. The van der Waals surface area contributed by atoms with Gasteiger partial charge in [0.15, 0.2) is 5.76 Å². The van der Waals surface area contributed by atoms with Crippen LogP contribution < -0.4 is 15.8 Å². The minimum atomic E-state index is -4.76. The number of carbonyl (C=O) groups excluding carboxylic acids is 2. The van der Waals surface area contributed by atoms with Crippen LogP contribution in [-0.2, 0) is 12.8 Å². The summed E-state index contributed by atoms with van der Waals surface area (Å²) in [6, 6.07) is 14.3. The SMILES string of the molecule is CC(C)c1ccc(OCc2ccc(C(=O)Nc3c(C(N)=O)sc4nc(C(F)(F)F)cc(-c5ccco5)c34)o2)cc1. The number of pyridine rings is 1. The van der Waals surface area contributed by atoms with Crippen LogP contribution in [0.25, 0.3) is 21.5 Å². The number of nitrogens with one attached hydrogen (secondary N) is 1. The van der Waals surface area contributed by atoms with E-state index in [9.17, 15) is 22.8 Å². The quantitative estimate of drug-likeness (QED) is 0.204. The second-order valence-electron chi connectivity index (χ2n) is 9.11. The largest absolute Gasteiger partial charge is 0.486 e. The van der Waals surface area contributed by atoms with E-state index in [0.717, 1.165) is 6.07 Å². The lowest BCUT2D eigenvalue weighted by Crippen LogP contribution is -2.16. The number of nitrogens with two attached hydrogens (primary N) is 1. The second kappa shape index (κ2) is 10.5. The Bertz CT molecular complexity index is 1690. The number of aromatic nitrogens is 1. The standard InChI is InChI=1S/C28H22F3N3O5S/c1-14(2)15-5-7-16(8-6-15)38-13-17-9-10-20(39-17)26(36)34-23-22-18(19-4-3-11-37-19)12-21(28(29,30)31)33-27(22)40-24(23)25(32)35/h3-12,14H,13H2,1-2H3,(H2,32,35)(H,34,36). The highest BCUT2D eigenvalue weighted by atomic mass is 32.1. The summed E-state index contributed by atoms with van der Waals surface area (Å²) in [5, 5.41) is 2.65. The summed E-state index contributed by atoms with van der Waals surface area (Å²) in [5.74, 6) is -0.360. The van der Waals surface area contributed by atoms with E-state index in [1.165, 1.54) is 30.0 Å². The van der Waals surface area contributed by atoms with E-state index in [-0.39, 0.29) is 44.5 Å². The molecule has 0 saturated carbocycles. The highest BCUT2D eigenvalue weighted by molar-refractivity contribution is 7.21. The van der Waals surface area contributed by atoms with Crippen LogP contribution in [-0.4, -0.2) is 16.8 Å². The fourth-order valence-electron chi connectivity index (χ4n) is 4.02. The first-order chi connectivity index (χ1) is 19.0. The Kier molecular flexibility index (Phi) is 7.11. The Morgan fingerprint density at radius 1 is 1.12 bits per heavy atom. The number of ether oxygens (including phenoxy) is 1. The highest BCUT2D eigenvalue weighted by Gasteiger charge is 2.35. The monoisotopic (exact) mass is 569 g/mol. The number of carbonyl (C=O) groups is 2. The van der Waals surface area contributed by atoms with Gasteiger partial charge < -0.3 is 24.6 Å². The van der Waals surface area contributed by atoms with Gasteiger partial charge in [-0.05, 0) is 53.9 Å². The maximum Gasteiger partial charge on any atom is 0.433 e. The van der Waals surface area contributed by atoms with E-state index in [1.54, 1.807) is 6.07 Å². The van der Waals surface area contributed by atoms with Gasteiger partial charge in [-0.3, -0.25) is 9.59 Å². The summed E-state index contributed by atoms with van der Waals surface area (Å²) in [4.78, 5) is 28.7. The minimum Gasteiger partial charge on any atom is -0.486 e. The van der Waals surface area contributed by atoms with Crippen LogP contribution in [0.2, 0.25) is 0 Å². The summed E-state index contributed by atoms with van der Waals surface area (Å²) in [6.07, 6.45) is -3.47. The summed E-state index contributed by atoms with van der Waals surface area (Å²) in [5.41, 5.74) is 5.39. The van der Waals surface area contributed by atoms with Gasteiger partial charge in [-0.25, -0.2) is 4.98 Å². The van der Waals surface area contributed by atoms with Crippen LogP contribution >= 0.6 is 11.3 Å². The summed E-state index contributed by atoms with van der Waals surface area (Å²) < 4.78 is 57.5. The number of halogens is 3. The van der Waals surface area contributed by atoms with Crippen molar-refractivity contribution < 1.29 is 36.3 Å². The number of rotatable bonds is 8. The Morgan fingerprint density at radius 3 is 2.50 bits per heavy atom. The van der Waals surface area contributed by atoms with Crippen molar-refractivity contribution in [2.24, 2.45) is 5.73 Å². The zero-order valence-electron chi connectivity index (χ0n) is 21.2. The molecule has 2 amide bonds. The third-order valence-electron chi connectivity index (χ3n) is 6.01. The van der Waals surface area contributed by atoms with Crippen molar-refractivity contribution in [2.75, 3.05) is 5.32 Å². The van der Waals surface area contributed by atoms with Gasteiger partial charge in [-0.2, -0.15) is 13.2 Å². The van der Waals surface area contributed by atoms with Crippen molar-refractivity contribution >= 4 is 39.1 Å². The summed E-state index contributed by atoms with van der Waals surface area (Å²) in [6.45, 7) is 4.23.